The fourth-order valence-electron chi connectivity index (χ4n) is 2.20. The standard InChI is InChI=1S/C14H20N4O3S/c1-5-6-22(20,21)16-13-8-12(15-18(13)4)11-7-10(2)14(19)17(3)9-11/h7-9,16H,5-6H2,1-4H3. The predicted octanol–water partition coefficient (Wildman–Crippen LogP) is 1.25. The Bertz CT molecular complexity index is 823. The molecule has 2 aromatic heterocycles. The molecule has 0 aliphatic carbocycles. The van der Waals surface area contributed by atoms with Gasteiger partial charge in [-0.3, -0.25) is 14.2 Å². The Morgan fingerprint density at radius 1 is 1.27 bits per heavy atom. The zero-order valence-electron chi connectivity index (χ0n) is 13.1. The van der Waals surface area contributed by atoms with Crippen LogP contribution in [0.1, 0.15) is 18.9 Å². The number of hydrogen-bond donors (Lipinski definition) is 1. The van der Waals surface area contributed by atoms with E-state index in [0.717, 1.165) is 5.56 Å². The summed E-state index contributed by atoms with van der Waals surface area (Å²) in [6, 6.07) is 3.40. The summed E-state index contributed by atoms with van der Waals surface area (Å²) in [6.07, 6.45) is 2.22. The summed E-state index contributed by atoms with van der Waals surface area (Å²) in [7, 11) is -0.0231. The normalized spacial score (nSPS) is 11.6. The van der Waals surface area contributed by atoms with Crippen molar-refractivity contribution in [1.82, 2.24) is 14.3 Å². The van der Waals surface area contributed by atoms with Gasteiger partial charge in [-0.15, -0.1) is 0 Å². The Balaban J connectivity index is 2.40. The Hall–Kier alpha value is -2.09. The topological polar surface area (TPSA) is 86.0 Å². The molecule has 2 heterocycles. The van der Waals surface area contributed by atoms with Crippen molar-refractivity contribution in [2.45, 2.75) is 20.3 Å². The van der Waals surface area contributed by atoms with Crippen molar-refractivity contribution in [2.75, 3.05) is 10.5 Å². The first kappa shape index (κ1) is 16.3. The van der Waals surface area contributed by atoms with E-state index in [9.17, 15) is 13.2 Å². The molecule has 0 unspecified atom stereocenters. The van der Waals surface area contributed by atoms with E-state index in [1.165, 1.54) is 9.25 Å². The molecule has 0 bridgehead atoms. The van der Waals surface area contributed by atoms with Gasteiger partial charge in [0, 0.05) is 37.5 Å². The summed E-state index contributed by atoms with van der Waals surface area (Å²) < 4.78 is 29.2. The molecule has 1 N–H and O–H groups in total. The van der Waals surface area contributed by atoms with Gasteiger partial charge in [-0.05, 0) is 19.4 Å². The predicted molar refractivity (Wildman–Crippen MR) is 86.3 cm³/mol. The molecular formula is C14H20N4O3S. The molecule has 0 aliphatic heterocycles. The van der Waals surface area contributed by atoms with Crippen molar-refractivity contribution in [1.29, 1.82) is 0 Å². The van der Waals surface area contributed by atoms with Crippen molar-refractivity contribution in [2.24, 2.45) is 14.1 Å². The van der Waals surface area contributed by atoms with Crippen LogP contribution in [0.5, 0.6) is 0 Å². The fourth-order valence-corrected chi connectivity index (χ4v) is 3.35. The first-order chi connectivity index (χ1) is 10.2. The van der Waals surface area contributed by atoms with Gasteiger partial charge >= 0.3 is 0 Å². The molecule has 0 atom stereocenters. The minimum absolute atomic E-state index is 0.0620. The van der Waals surface area contributed by atoms with Crippen LogP contribution in [-0.4, -0.2) is 28.5 Å². The van der Waals surface area contributed by atoms with E-state index in [1.54, 1.807) is 46.3 Å². The number of aryl methyl sites for hydroxylation is 3. The maximum atomic E-state index is 11.9. The first-order valence-corrected chi connectivity index (χ1v) is 8.61. The third-order valence-electron chi connectivity index (χ3n) is 3.27. The molecule has 0 saturated carbocycles. The third-order valence-corrected chi connectivity index (χ3v) is 4.74. The lowest BCUT2D eigenvalue weighted by atomic mass is 10.1. The maximum Gasteiger partial charge on any atom is 0.253 e. The highest BCUT2D eigenvalue weighted by Gasteiger charge is 2.14. The highest BCUT2D eigenvalue weighted by atomic mass is 32.2. The van der Waals surface area contributed by atoms with Gasteiger partial charge in [0.05, 0.1) is 11.4 Å². The molecule has 0 spiro atoms. The number of anilines is 1. The molecule has 0 aliphatic rings. The number of rotatable bonds is 5. The lowest BCUT2D eigenvalue weighted by molar-refractivity contribution is 0.599. The van der Waals surface area contributed by atoms with Crippen molar-refractivity contribution < 1.29 is 8.42 Å². The van der Waals surface area contributed by atoms with E-state index < -0.39 is 10.0 Å². The van der Waals surface area contributed by atoms with Gasteiger partial charge in [0.1, 0.15) is 5.82 Å². The van der Waals surface area contributed by atoms with Gasteiger partial charge in [-0.1, -0.05) is 6.92 Å². The summed E-state index contributed by atoms with van der Waals surface area (Å²) in [4.78, 5) is 11.7. The molecule has 0 saturated heterocycles. The summed E-state index contributed by atoms with van der Waals surface area (Å²) in [6.45, 7) is 3.54. The molecule has 2 aromatic rings. The molecule has 120 valence electrons. The van der Waals surface area contributed by atoms with E-state index in [1.807, 2.05) is 0 Å². The number of nitrogens with one attached hydrogen (secondary N) is 1. The van der Waals surface area contributed by atoms with Crippen molar-refractivity contribution >= 4 is 15.8 Å². The maximum absolute atomic E-state index is 11.9. The lowest BCUT2D eigenvalue weighted by Gasteiger charge is -2.05. The zero-order valence-corrected chi connectivity index (χ0v) is 13.9. The number of hydrogen-bond acceptors (Lipinski definition) is 4. The summed E-state index contributed by atoms with van der Waals surface area (Å²) in [5.41, 5.74) is 1.91. The number of nitrogens with zero attached hydrogens (tertiary/aromatic N) is 3. The van der Waals surface area contributed by atoms with Crippen molar-refractivity contribution in [3.8, 4) is 11.3 Å². The average Bonchev–Trinajstić information content (AvgIpc) is 2.76. The molecular weight excluding hydrogens is 304 g/mol. The van der Waals surface area contributed by atoms with E-state index in [-0.39, 0.29) is 11.3 Å². The van der Waals surface area contributed by atoms with Crippen LogP contribution in [0.4, 0.5) is 5.82 Å². The molecule has 7 nitrogen and oxygen atoms in total. The van der Waals surface area contributed by atoms with Crippen LogP contribution in [0, 0.1) is 6.92 Å². The summed E-state index contributed by atoms with van der Waals surface area (Å²) in [5.74, 6) is 0.460. The average molecular weight is 324 g/mol. The minimum Gasteiger partial charge on any atom is -0.318 e. The van der Waals surface area contributed by atoms with Crippen LogP contribution in [0.2, 0.25) is 0 Å². The summed E-state index contributed by atoms with van der Waals surface area (Å²) >= 11 is 0. The number of pyridine rings is 1. The van der Waals surface area contributed by atoms with Crippen LogP contribution in [0.15, 0.2) is 23.1 Å². The van der Waals surface area contributed by atoms with Crippen LogP contribution in [0.25, 0.3) is 11.3 Å². The Morgan fingerprint density at radius 2 is 1.95 bits per heavy atom. The molecule has 0 radical (unpaired) electrons. The Morgan fingerprint density at radius 3 is 2.55 bits per heavy atom. The first-order valence-electron chi connectivity index (χ1n) is 6.95. The van der Waals surface area contributed by atoms with Gasteiger partial charge in [0.15, 0.2) is 0 Å². The number of aromatic nitrogens is 3. The van der Waals surface area contributed by atoms with E-state index in [0.29, 0.717) is 23.5 Å². The SMILES string of the molecule is CCCS(=O)(=O)Nc1cc(-c2cc(C)c(=O)n(C)c2)nn1C. The zero-order chi connectivity index (χ0) is 16.5. The monoisotopic (exact) mass is 324 g/mol. The van der Waals surface area contributed by atoms with Crippen molar-refractivity contribution in [3.05, 3.63) is 34.2 Å². The number of sulfonamides is 1. The molecule has 0 aromatic carbocycles. The molecule has 0 fully saturated rings. The van der Waals surface area contributed by atoms with Crippen molar-refractivity contribution in [3.63, 3.8) is 0 Å². The largest absolute Gasteiger partial charge is 0.318 e. The highest BCUT2D eigenvalue weighted by Crippen LogP contribution is 2.21. The van der Waals surface area contributed by atoms with E-state index >= 15 is 0 Å². The van der Waals surface area contributed by atoms with Gasteiger partial charge in [0.25, 0.3) is 5.56 Å². The summed E-state index contributed by atoms with van der Waals surface area (Å²) in [5, 5.41) is 4.31. The minimum atomic E-state index is -3.37. The fraction of sp³-hybridized carbons (Fsp3) is 0.429. The van der Waals surface area contributed by atoms with Crippen LogP contribution in [0.3, 0.4) is 0 Å². The van der Waals surface area contributed by atoms with Gasteiger partial charge in [0.2, 0.25) is 10.0 Å². The highest BCUT2D eigenvalue weighted by molar-refractivity contribution is 7.92. The quantitative estimate of drug-likeness (QED) is 0.897. The third kappa shape index (κ3) is 3.38. The smallest absolute Gasteiger partial charge is 0.253 e. The van der Waals surface area contributed by atoms with Crippen LogP contribution >= 0.6 is 0 Å². The molecule has 0 amide bonds. The Kier molecular flexibility index (Phi) is 4.41. The lowest BCUT2D eigenvalue weighted by Crippen LogP contribution is -2.18. The van der Waals surface area contributed by atoms with Gasteiger partial charge in [-0.2, -0.15) is 5.10 Å². The van der Waals surface area contributed by atoms with Gasteiger partial charge in [-0.25, -0.2) is 8.42 Å². The van der Waals surface area contributed by atoms with Crippen LogP contribution < -0.4 is 10.3 Å². The second kappa shape index (κ2) is 5.96. The second-order valence-electron chi connectivity index (χ2n) is 5.29. The Labute approximate surface area is 129 Å². The molecule has 2 rings (SSSR count). The van der Waals surface area contributed by atoms with Crippen LogP contribution in [-0.2, 0) is 24.1 Å². The molecule has 8 heteroatoms. The second-order valence-corrected chi connectivity index (χ2v) is 7.13. The van der Waals surface area contributed by atoms with E-state index in [4.69, 9.17) is 0 Å². The van der Waals surface area contributed by atoms with E-state index in [2.05, 4.69) is 9.82 Å². The van der Waals surface area contributed by atoms with Gasteiger partial charge < -0.3 is 4.57 Å². The molecule has 22 heavy (non-hydrogen) atoms.